The molecule has 0 saturated heterocycles. The fourth-order valence-electron chi connectivity index (χ4n) is 2.40. The van der Waals surface area contributed by atoms with Crippen LogP contribution in [0.1, 0.15) is 18.1 Å². The fraction of sp³-hybridized carbons (Fsp3) is 0.263. The van der Waals surface area contributed by atoms with Crippen molar-refractivity contribution in [2.24, 2.45) is 0 Å². The van der Waals surface area contributed by atoms with Gasteiger partial charge in [0.15, 0.2) is 17.6 Å². The number of carbonyl (C=O) groups is 1. The Balaban J connectivity index is 1.53. The molecular formula is C19H18N2O4. The van der Waals surface area contributed by atoms with Gasteiger partial charge in [0.1, 0.15) is 19.0 Å². The maximum atomic E-state index is 12.2. The second-order valence-electron chi connectivity index (χ2n) is 5.59. The first-order chi connectivity index (χ1) is 12.2. The third-order valence-electron chi connectivity index (χ3n) is 3.74. The highest BCUT2D eigenvalue weighted by Gasteiger charge is 2.16. The van der Waals surface area contributed by atoms with Gasteiger partial charge in [0, 0.05) is 6.54 Å². The average Bonchev–Trinajstić information content (AvgIpc) is 2.66. The van der Waals surface area contributed by atoms with E-state index >= 15 is 0 Å². The summed E-state index contributed by atoms with van der Waals surface area (Å²) in [7, 11) is 0. The number of hydrogen-bond donors (Lipinski definition) is 1. The van der Waals surface area contributed by atoms with E-state index in [1.165, 1.54) is 0 Å². The Hall–Kier alpha value is -3.20. The summed E-state index contributed by atoms with van der Waals surface area (Å²) in [5.74, 6) is 1.74. The predicted octanol–water partition coefficient (Wildman–Crippen LogP) is 2.41. The first kappa shape index (κ1) is 16.7. The van der Waals surface area contributed by atoms with E-state index in [4.69, 9.17) is 19.5 Å². The van der Waals surface area contributed by atoms with E-state index in [0.29, 0.717) is 36.8 Å². The highest BCUT2D eigenvalue weighted by atomic mass is 16.6. The summed E-state index contributed by atoms with van der Waals surface area (Å²) in [6, 6.07) is 14.3. The number of nitrogens with zero attached hydrogens (tertiary/aromatic N) is 1. The van der Waals surface area contributed by atoms with Crippen LogP contribution in [0, 0.1) is 11.3 Å². The van der Waals surface area contributed by atoms with Crippen LogP contribution in [0.4, 0.5) is 0 Å². The van der Waals surface area contributed by atoms with E-state index in [1.54, 1.807) is 31.2 Å². The molecule has 6 heteroatoms. The van der Waals surface area contributed by atoms with Gasteiger partial charge in [-0.25, -0.2) is 0 Å². The number of ether oxygens (including phenoxy) is 3. The number of hydrogen-bond acceptors (Lipinski definition) is 5. The zero-order valence-electron chi connectivity index (χ0n) is 13.8. The number of amides is 1. The Morgan fingerprint density at radius 1 is 1.20 bits per heavy atom. The van der Waals surface area contributed by atoms with E-state index in [0.717, 1.165) is 11.3 Å². The zero-order valence-corrected chi connectivity index (χ0v) is 13.8. The van der Waals surface area contributed by atoms with Gasteiger partial charge in [0.05, 0.1) is 11.6 Å². The highest BCUT2D eigenvalue weighted by Crippen LogP contribution is 2.30. The van der Waals surface area contributed by atoms with Crippen molar-refractivity contribution in [3.63, 3.8) is 0 Å². The smallest absolute Gasteiger partial charge is 0.261 e. The van der Waals surface area contributed by atoms with Gasteiger partial charge >= 0.3 is 0 Å². The van der Waals surface area contributed by atoms with Gasteiger partial charge in [-0.1, -0.05) is 6.07 Å². The quantitative estimate of drug-likeness (QED) is 0.905. The van der Waals surface area contributed by atoms with Crippen molar-refractivity contribution in [3.05, 3.63) is 53.6 Å². The van der Waals surface area contributed by atoms with Crippen LogP contribution in [0.3, 0.4) is 0 Å². The molecule has 0 saturated carbocycles. The van der Waals surface area contributed by atoms with Crippen molar-refractivity contribution in [2.75, 3.05) is 13.2 Å². The van der Waals surface area contributed by atoms with Gasteiger partial charge < -0.3 is 19.5 Å². The maximum absolute atomic E-state index is 12.2. The molecule has 1 N–H and O–H groups in total. The van der Waals surface area contributed by atoms with Gasteiger partial charge in [-0.3, -0.25) is 4.79 Å². The van der Waals surface area contributed by atoms with Crippen LogP contribution in [0.25, 0.3) is 0 Å². The highest BCUT2D eigenvalue weighted by molar-refractivity contribution is 5.80. The minimum atomic E-state index is -0.648. The Labute approximate surface area is 145 Å². The van der Waals surface area contributed by atoms with Crippen molar-refractivity contribution >= 4 is 5.91 Å². The lowest BCUT2D eigenvalue weighted by Gasteiger charge is -2.19. The molecule has 6 nitrogen and oxygen atoms in total. The van der Waals surface area contributed by atoms with Crippen molar-refractivity contribution in [1.29, 1.82) is 5.26 Å². The van der Waals surface area contributed by atoms with Crippen molar-refractivity contribution in [2.45, 2.75) is 19.6 Å². The van der Waals surface area contributed by atoms with Gasteiger partial charge in [0.2, 0.25) is 0 Å². The third-order valence-corrected chi connectivity index (χ3v) is 3.74. The standard InChI is InChI=1S/C19H18N2O4/c1-13(25-16-5-2-14(11-20)3-6-16)19(22)21-12-15-4-7-17-18(10-15)24-9-8-23-17/h2-7,10,13H,8-9,12H2,1H3,(H,21,22)/t13-/m1/s1. The van der Waals surface area contributed by atoms with E-state index in [1.807, 2.05) is 24.3 Å². The number of benzene rings is 2. The number of nitriles is 1. The first-order valence-corrected chi connectivity index (χ1v) is 7.99. The molecular weight excluding hydrogens is 320 g/mol. The van der Waals surface area contributed by atoms with Gasteiger partial charge in [-0.15, -0.1) is 0 Å². The molecule has 0 fully saturated rings. The Morgan fingerprint density at radius 3 is 2.64 bits per heavy atom. The predicted molar refractivity (Wildman–Crippen MR) is 90.5 cm³/mol. The number of fused-ring (bicyclic) bond motifs is 1. The average molecular weight is 338 g/mol. The molecule has 0 spiro atoms. The van der Waals surface area contributed by atoms with Crippen LogP contribution in [0.2, 0.25) is 0 Å². The van der Waals surface area contributed by atoms with E-state index < -0.39 is 6.10 Å². The second kappa shape index (κ2) is 7.58. The number of rotatable bonds is 5. The summed E-state index contributed by atoms with van der Waals surface area (Å²) in [5, 5.41) is 11.6. The van der Waals surface area contributed by atoms with Crippen LogP contribution in [-0.4, -0.2) is 25.2 Å². The molecule has 1 atom stereocenters. The van der Waals surface area contributed by atoms with Crippen LogP contribution in [-0.2, 0) is 11.3 Å². The van der Waals surface area contributed by atoms with E-state index in [2.05, 4.69) is 5.32 Å². The van der Waals surface area contributed by atoms with Crippen molar-refractivity contribution < 1.29 is 19.0 Å². The molecule has 1 heterocycles. The molecule has 2 aromatic carbocycles. The monoisotopic (exact) mass is 338 g/mol. The van der Waals surface area contributed by atoms with E-state index in [-0.39, 0.29) is 5.91 Å². The molecule has 1 aliphatic rings. The Bertz CT molecular complexity index is 796. The molecule has 3 rings (SSSR count). The summed E-state index contributed by atoms with van der Waals surface area (Å²) in [5.41, 5.74) is 1.46. The second-order valence-corrected chi connectivity index (χ2v) is 5.59. The summed E-state index contributed by atoms with van der Waals surface area (Å²) in [6.07, 6.45) is -0.648. The van der Waals surface area contributed by atoms with Gasteiger partial charge in [0.25, 0.3) is 5.91 Å². The minimum absolute atomic E-state index is 0.223. The topological polar surface area (TPSA) is 80.6 Å². The molecule has 1 amide bonds. The molecule has 128 valence electrons. The lowest BCUT2D eigenvalue weighted by molar-refractivity contribution is -0.127. The summed E-state index contributed by atoms with van der Waals surface area (Å²) < 4.78 is 16.6. The molecule has 25 heavy (non-hydrogen) atoms. The summed E-state index contributed by atoms with van der Waals surface area (Å²) in [6.45, 7) is 3.12. The fourth-order valence-corrected chi connectivity index (χ4v) is 2.40. The lowest BCUT2D eigenvalue weighted by atomic mass is 10.2. The molecule has 0 bridgehead atoms. The molecule has 0 aliphatic carbocycles. The number of carbonyl (C=O) groups excluding carboxylic acids is 1. The zero-order chi connectivity index (χ0) is 17.6. The Kier molecular flexibility index (Phi) is 5.05. The van der Waals surface area contributed by atoms with Gasteiger partial charge in [-0.2, -0.15) is 5.26 Å². The Morgan fingerprint density at radius 2 is 1.92 bits per heavy atom. The first-order valence-electron chi connectivity index (χ1n) is 7.99. The van der Waals surface area contributed by atoms with Crippen LogP contribution in [0.15, 0.2) is 42.5 Å². The van der Waals surface area contributed by atoms with Crippen molar-refractivity contribution in [1.82, 2.24) is 5.32 Å². The minimum Gasteiger partial charge on any atom is -0.486 e. The van der Waals surface area contributed by atoms with Gasteiger partial charge in [-0.05, 0) is 48.9 Å². The third kappa shape index (κ3) is 4.21. The lowest BCUT2D eigenvalue weighted by Crippen LogP contribution is -2.35. The molecule has 0 aromatic heterocycles. The molecule has 1 aliphatic heterocycles. The van der Waals surface area contributed by atoms with E-state index in [9.17, 15) is 4.79 Å². The maximum Gasteiger partial charge on any atom is 0.261 e. The molecule has 2 aromatic rings. The van der Waals surface area contributed by atoms with Crippen LogP contribution in [0.5, 0.6) is 17.2 Å². The molecule has 0 radical (unpaired) electrons. The SMILES string of the molecule is C[C@@H](Oc1ccc(C#N)cc1)C(=O)NCc1ccc2c(c1)OCCO2. The van der Waals surface area contributed by atoms with Crippen LogP contribution < -0.4 is 19.5 Å². The molecule has 0 unspecified atom stereocenters. The summed E-state index contributed by atoms with van der Waals surface area (Å²) >= 11 is 0. The summed E-state index contributed by atoms with van der Waals surface area (Å²) in [4.78, 5) is 12.2. The van der Waals surface area contributed by atoms with Crippen molar-refractivity contribution in [3.8, 4) is 23.3 Å². The number of nitrogens with one attached hydrogen (secondary N) is 1. The van der Waals surface area contributed by atoms with Crippen LogP contribution >= 0.6 is 0 Å². The normalized spacial score (nSPS) is 13.4. The largest absolute Gasteiger partial charge is 0.486 e.